The first kappa shape index (κ1) is 20.3. The van der Waals surface area contributed by atoms with Crippen LogP contribution in [0.15, 0.2) is 24.3 Å². The van der Waals surface area contributed by atoms with Gasteiger partial charge in [-0.1, -0.05) is 64.6 Å². The van der Waals surface area contributed by atoms with Crippen LogP contribution in [0.3, 0.4) is 0 Å². The highest BCUT2D eigenvalue weighted by Crippen LogP contribution is 2.44. The first-order valence-electron chi connectivity index (χ1n) is 8.54. The molecule has 2 aliphatic rings. The molecule has 0 saturated heterocycles. The van der Waals surface area contributed by atoms with Crippen molar-refractivity contribution in [1.82, 2.24) is 10.2 Å². The van der Waals surface area contributed by atoms with Crippen LogP contribution < -0.4 is 10.1 Å². The second-order valence-corrected chi connectivity index (χ2v) is 8.01. The van der Waals surface area contributed by atoms with Crippen molar-refractivity contribution in [2.45, 2.75) is 12.5 Å². The molecule has 0 aromatic heterocycles. The Balaban J connectivity index is 1.56. The molecule has 6 nitrogen and oxygen atoms in total. The second kappa shape index (κ2) is 7.69. The molecule has 2 aliphatic heterocycles. The Hall–Kier alpha value is -1.99. The number of halogens is 4. The van der Waals surface area contributed by atoms with E-state index in [0.29, 0.717) is 18.8 Å². The normalized spacial score (nSPS) is 17.7. The van der Waals surface area contributed by atoms with Gasteiger partial charge < -0.3 is 10.1 Å². The topological polar surface area (TPSA) is 75.7 Å². The molecule has 2 aromatic carbocycles. The molecule has 4 rings (SSSR count). The van der Waals surface area contributed by atoms with Crippen LogP contribution in [0, 0.1) is 0 Å². The second-order valence-electron chi connectivity index (χ2n) is 6.50. The molecule has 150 valence electrons. The van der Waals surface area contributed by atoms with Crippen molar-refractivity contribution < 1.29 is 19.1 Å². The number of ether oxygens (including phenoxy) is 1. The maximum atomic E-state index is 12.7. The Kier molecular flexibility index (Phi) is 5.38. The number of hydrogen-bond acceptors (Lipinski definition) is 4. The van der Waals surface area contributed by atoms with E-state index in [-0.39, 0.29) is 37.3 Å². The zero-order valence-corrected chi connectivity index (χ0v) is 17.6. The van der Waals surface area contributed by atoms with Crippen molar-refractivity contribution in [2.24, 2.45) is 0 Å². The summed E-state index contributed by atoms with van der Waals surface area (Å²) in [6.45, 7) is -0.0506. The SMILES string of the molecule is O=C(CN1C(=O)c2c(Cl)c(Cl)c(Cl)c(Cl)c2C1=O)NC1CCOc2ccccc21. The molecule has 0 bridgehead atoms. The van der Waals surface area contributed by atoms with E-state index in [0.717, 1.165) is 10.5 Å². The molecule has 0 saturated carbocycles. The average molecular weight is 474 g/mol. The fourth-order valence-electron chi connectivity index (χ4n) is 3.41. The molecule has 2 heterocycles. The lowest BCUT2D eigenvalue weighted by Gasteiger charge is -2.27. The lowest BCUT2D eigenvalue weighted by molar-refractivity contribution is -0.122. The predicted octanol–water partition coefficient (Wildman–Crippen LogP) is 4.54. The van der Waals surface area contributed by atoms with E-state index in [9.17, 15) is 14.4 Å². The number of rotatable bonds is 3. The van der Waals surface area contributed by atoms with Gasteiger partial charge in [0, 0.05) is 12.0 Å². The van der Waals surface area contributed by atoms with Crippen LogP contribution in [0.25, 0.3) is 0 Å². The Morgan fingerprint density at radius 3 is 2.21 bits per heavy atom. The number of para-hydroxylation sites is 1. The number of fused-ring (bicyclic) bond motifs is 2. The van der Waals surface area contributed by atoms with Gasteiger partial charge in [0.15, 0.2) is 0 Å². The Bertz CT molecular complexity index is 1030. The number of nitrogens with one attached hydrogen (secondary N) is 1. The summed E-state index contributed by atoms with van der Waals surface area (Å²) in [4.78, 5) is 38.8. The maximum Gasteiger partial charge on any atom is 0.263 e. The summed E-state index contributed by atoms with van der Waals surface area (Å²) in [5.74, 6) is -1.32. The van der Waals surface area contributed by atoms with Crippen molar-refractivity contribution in [1.29, 1.82) is 0 Å². The van der Waals surface area contributed by atoms with Crippen LogP contribution in [0.5, 0.6) is 5.75 Å². The smallest absolute Gasteiger partial charge is 0.263 e. The summed E-state index contributed by atoms with van der Waals surface area (Å²) >= 11 is 24.2. The molecular formula is C19H12Cl4N2O4. The molecule has 29 heavy (non-hydrogen) atoms. The molecular weight excluding hydrogens is 462 g/mol. The van der Waals surface area contributed by atoms with Crippen LogP contribution >= 0.6 is 46.4 Å². The third-order valence-corrected chi connectivity index (χ3v) is 6.58. The van der Waals surface area contributed by atoms with Gasteiger partial charge in [0.2, 0.25) is 5.91 Å². The number of imide groups is 1. The fourth-order valence-corrected chi connectivity index (χ4v) is 4.43. The summed E-state index contributed by atoms with van der Waals surface area (Å²) in [5, 5.41) is 2.25. The minimum absolute atomic E-state index is 0.122. The number of benzene rings is 2. The van der Waals surface area contributed by atoms with Crippen LogP contribution in [0.2, 0.25) is 20.1 Å². The zero-order valence-electron chi connectivity index (χ0n) is 14.6. The summed E-state index contributed by atoms with van der Waals surface area (Å²) in [7, 11) is 0. The quantitative estimate of drug-likeness (QED) is 0.403. The van der Waals surface area contributed by atoms with Gasteiger partial charge in [0.1, 0.15) is 12.3 Å². The molecule has 0 aliphatic carbocycles. The summed E-state index contributed by atoms with van der Waals surface area (Å²) in [6.07, 6.45) is 0.563. The van der Waals surface area contributed by atoms with Gasteiger partial charge in [-0.05, 0) is 6.07 Å². The first-order chi connectivity index (χ1) is 13.8. The fraction of sp³-hybridized carbons (Fsp3) is 0.211. The zero-order chi connectivity index (χ0) is 20.9. The van der Waals surface area contributed by atoms with E-state index in [1.54, 1.807) is 0 Å². The Labute approximate surface area is 185 Å². The van der Waals surface area contributed by atoms with E-state index in [4.69, 9.17) is 51.1 Å². The number of hydrogen-bond donors (Lipinski definition) is 1. The molecule has 1 unspecified atom stereocenters. The molecule has 10 heteroatoms. The lowest BCUT2D eigenvalue weighted by Crippen LogP contribution is -2.42. The van der Waals surface area contributed by atoms with E-state index in [1.807, 2.05) is 24.3 Å². The number of carbonyl (C=O) groups is 3. The predicted molar refractivity (Wildman–Crippen MR) is 109 cm³/mol. The van der Waals surface area contributed by atoms with Crippen molar-refractivity contribution in [3.05, 3.63) is 61.0 Å². The third kappa shape index (κ3) is 3.34. The van der Waals surface area contributed by atoms with Gasteiger partial charge in [-0.25, -0.2) is 0 Å². The van der Waals surface area contributed by atoms with Crippen molar-refractivity contribution in [3.8, 4) is 5.75 Å². The highest BCUT2D eigenvalue weighted by molar-refractivity contribution is 6.55. The van der Waals surface area contributed by atoms with Crippen LogP contribution in [-0.2, 0) is 4.79 Å². The number of amides is 3. The van der Waals surface area contributed by atoms with Gasteiger partial charge in [-0.2, -0.15) is 0 Å². The van der Waals surface area contributed by atoms with Crippen LogP contribution in [0.4, 0.5) is 0 Å². The van der Waals surface area contributed by atoms with E-state index in [1.165, 1.54) is 0 Å². The van der Waals surface area contributed by atoms with Gasteiger partial charge in [-0.3, -0.25) is 19.3 Å². The summed E-state index contributed by atoms with van der Waals surface area (Å²) in [5.41, 5.74) is 0.527. The largest absolute Gasteiger partial charge is 0.493 e. The van der Waals surface area contributed by atoms with Crippen LogP contribution in [0.1, 0.15) is 38.7 Å². The first-order valence-corrected chi connectivity index (χ1v) is 10.1. The maximum absolute atomic E-state index is 12.7. The van der Waals surface area contributed by atoms with Crippen LogP contribution in [-0.4, -0.2) is 35.8 Å². The summed E-state index contributed by atoms with van der Waals surface area (Å²) in [6, 6.07) is 7.05. The minimum atomic E-state index is -0.752. The molecule has 1 N–H and O–H groups in total. The lowest BCUT2D eigenvalue weighted by atomic mass is 10.0. The van der Waals surface area contributed by atoms with E-state index < -0.39 is 24.3 Å². The molecule has 2 aromatic rings. The standard InChI is InChI=1S/C19H12Cl4N2O4/c20-14-12-13(15(21)17(23)16(14)22)19(28)25(18(12)27)7-11(26)24-9-5-6-29-10-4-2-1-3-8(9)10/h1-4,9H,5-7H2,(H,24,26). The third-order valence-electron chi connectivity index (χ3n) is 4.78. The minimum Gasteiger partial charge on any atom is -0.493 e. The van der Waals surface area contributed by atoms with Crippen molar-refractivity contribution in [2.75, 3.05) is 13.2 Å². The Morgan fingerprint density at radius 2 is 1.59 bits per heavy atom. The molecule has 0 radical (unpaired) electrons. The van der Waals surface area contributed by atoms with Crippen molar-refractivity contribution >= 4 is 64.1 Å². The highest BCUT2D eigenvalue weighted by atomic mass is 35.5. The average Bonchev–Trinajstić information content (AvgIpc) is 2.96. The van der Waals surface area contributed by atoms with Gasteiger partial charge in [-0.15, -0.1) is 0 Å². The number of nitrogens with zero attached hydrogens (tertiary/aromatic N) is 1. The molecule has 0 fully saturated rings. The Morgan fingerprint density at radius 1 is 1.00 bits per heavy atom. The van der Waals surface area contributed by atoms with Gasteiger partial charge in [0.05, 0.1) is 43.9 Å². The van der Waals surface area contributed by atoms with E-state index in [2.05, 4.69) is 5.32 Å². The number of carbonyl (C=O) groups excluding carboxylic acids is 3. The molecule has 1 atom stereocenters. The summed E-state index contributed by atoms with van der Waals surface area (Å²) < 4.78 is 5.57. The monoisotopic (exact) mass is 472 g/mol. The molecule has 3 amide bonds. The van der Waals surface area contributed by atoms with Crippen molar-refractivity contribution in [3.63, 3.8) is 0 Å². The van der Waals surface area contributed by atoms with Gasteiger partial charge in [0.25, 0.3) is 11.8 Å². The highest BCUT2D eigenvalue weighted by Gasteiger charge is 2.42. The van der Waals surface area contributed by atoms with E-state index >= 15 is 0 Å². The van der Waals surface area contributed by atoms with Gasteiger partial charge >= 0.3 is 0 Å². The molecule has 0 spiro atoms.